The lowest BCUT2D eigenvalue weighted by atomic mass is 10.3. The van der Waals surface area contributed by atoms with Crippen molar-refractivity contribution in [3.63, 3.8) is 0 Å². The molecule has 1 saturated heterocycles. The Kier molecular flexibility index (Phi) is 3.12. The van der Waals surface area contributed by atoms with Crippen LogP contribution in [0.2, 0.25) is 0 Å². The molecule has 60 valence electrons. The van der Waals surface area contributed by atoms with Crippen LogP contribution in [0.5, 0.6) is 0 Å². The Morgan fingerprint density at radius 3 is 3.10 bits per heavy atom. The van der Waals surface area contributed by atoms with Gasteiger partial charge in [-0.15, -0.1) is 0 Å². The zero-order chi connectivity index (χ0) is 7.40. The molecule has 1 aliphatic rings. The smallest absolute Gasteiger partial charge is 0.0932 e. The van der Waals surface area contributed by atoms with E-state index in [9.17, 15) is 0 Å². The molecular formula is C7H15NO2. The maximum atomic E-state index is 8.75. The van der Waals surface area contributed by atoms with Crippen LogP contribution in [0.4, 0.5) is 0 Å². The average molecular weight is 145 g/mol. The topological polar surface area (TPSA) is 32.7 Å². The molecule has 0 bridgehead atoms. The van der Waals surface area contributed by atoms with Gasteiger partial charge < -0.3 is 9.84 Å². The summed E-state index contributed by atoms with van der Waals surface area (Å²) in [7, 11) is 0. The van der Waals surface area contributed by atoms with Gasteiger partial charge in [-0.3, -0.25) is 4.90 Å². The van der Waals surface area contributed by atoms with Crippen LogP contribution in [0.15, 0.2) is 0 Å². The Hall–Kier alpha value is -0.120. The van der Waals surface area contributed by atoms with E-state index in [2.05, 4.69) is 11.8 Å². The van der Waals surface area contributed by atoms with Crippen molar-refractivity contribution in [2.75, 3.05) is 32.8 Å². The molecule has 3 heteroatoms. The summed E-state index contributed by atoms with van der Waals surface area (Å²) >= 11 is 0. The van der Waals surface area contributed by atoms with Gasteiger partial charge in [0.05, 0.1) is 19.3 Å². The van der Waals surface area contributed by atoms with Crippen molar-refractivity contribution >= 4 is 0 Å². The molecule has 0 radical (unpaired) electrons. The van der Waals surface area contributed by atoms with E-state index in [1.807, 2.05) is 0 Å². The molecule has 1 aliphatic heterocycles. The van der Waals surface area contributed by atoms with Crippen LogP contribution in [0.25, 0.3) is 0 Å². The molecule has 0 aromatic heterocycles. The predicted octanol–water partition coefficient (Wildman–Crippen LogP) is -0.301. The quantitative estimate of drug-likeness (QED) is 0.579. The SMILES string of the molecule is CCN1CCO[C@@H](CO)C1. The van der Waals surface area contributed by atoms with Crippen LogP contribution in [-0.4, -0.2) is 49.0 Å². The number of hydrogen-bond acceptors (Lipinski definition) is 3. The van der Waals surface area contributed by atoms with E-state index in [1.54, 1.807) is 0 Å². The number of aliphatic hydroxyl groups excluding tert-OH is 1. The molecule has 1 fully saturated rings. The maximum absolute atomic E-state index is 8.75. The minimum absolute atomic E-state index is 0.0497. The second-order valence-corrected chi connectivity index (χ2v) is 2.57. The molecule has 1 rings (SSSR count). The first-order chi connectivity index (χ1) is 4.86. The number of nitrogens with zero attached hydrogens (tertiary/aromatic N) is 1. The van der Waals surface area contributed by atoms with Gasteiger partial charge in [-0.2, -0.15) is 0 Å². The summed E-state index contributed by atoms with van der Waals surface area (Å²) in [4.78, 5) is 2.28. The maximum Gasteiger partial charge on any atom is 0.0932 e. The predicted molar refractivity (Wildman–Crippen MR) is 38.9 cm³/mol. The van der Waals surface area contributed by atoms with Gasteiger partial charge in [0, 0.05) is 13.1 Å². The van der Waals surface area contributed by atoms with Gasteiger partial charge in [0.15, 0.2) is 0 Å². The fraction of sp³-hybridized carbons (Fsp3) is 1.00. The zero-order valence-electron chi connectivity index (χ0n) is 6.42. The summed E-state index contributed by atoms with van der Waals surface area (Å²) in [6.07, 6.45) is 0.0497. The van der Waals surface area contributed by atoms with E-state index in [1.165, 1.54) is 0 Å². The highest BCUT2D eigenvalue weighted by molar-refractivity contribution is 4.68. The van der Waals surface area contributed by atoms with Crippen molar-refractivity contribution < 1.29 is 9.84 Å². The molecule has 1 heterocycles. The molecular weight excluding hydrogens is 130 g/mol. The van der Waals surface area contributed by atoms with Crippen LogP contribution in [0.1, 0.15) is 6.92 Å². The van der Waals surface area contributed by atoms with Crippen molar-refractivity contribution in [2.24, 2.45) is 0 Å². The standard InChI is InChI=1S/C7H15NO2/c1-2-8-3-4-10-7(5-8)6-9/h7,9H,2-6H2,1H3/t7-/m1/s1. The molecule has 0 saturated carbocycles. The van der Waals surface area contributed by atoms with Crippen LogP contribution in [0, 0.1) is 0 Å². The third-order valence-corrected chi connectivity index (χ3v) is 1.87. The highest BCUT2D eigenvalue weighted by Crippen LogP contribution is 2.02. The number of likely N-dealkylation sites (N-methyl/N-ethyl adjacent to an activating group) is 1. The number of hydrogen-bond donors (Lipinski definition) is 1. The highest BCUT2D eigenvalue weighted by Gasteiger charge is 2.17. The van der Waals surface area contributed by atoms with Gasteiger partial charge in [0.1, 0.15) is 0 Å². The van der Waals surface area contributed by atoms with E-state index in [-0.39, 0.29) is 12.7 Å². The molecule has 0 aliphatic carbocycles. The van der Waals surface area contributed by atoms with Gasteiger partial charge >= 0.3 is 0 Å². The molecule has 0 spiro atoms. The Bertz CT molecular complexity index is 87.6. The zero-order valence-corrected chi connectivity index (χ0v) is 6.42. The molecule has 3 nitrogen and oxygen atoms in total. The third-order valence-electron chi connectivity index (χ3n) is 1.87. The number of rotatable bonds is 2. The first-order valence-corrected chi connectivity index (χ1v) is 3.81. The second kappa shape index (κ2) is 3.91. The van der Waals surface area contributed by atoms with E-state index >= 15 is 0 Å². The lowest BCUT2D eigenvalue weighted by Crippen LogP contribution is -2.43. The Morgan fingerprint density at radius 2 is 2.50 bits per heavy atom. The van der Waals surface area contributed by atoms with Crippen molar-refractivity contribution in [1.82, 2.24) is 4.90 Å². The Labute approximate surface area is 61.6 Å². The fourth-order valence-electron chi connectivity index (χ4n) is 1.18. The highest BCUT2D eigenvalue weighted by atomic mass is 16.5. The van der Waals surface area contributed by atoms with Crippen molar-refractivity contribution in [3.8, 4) is 0 Å². The minimum Gasteiger partial charge on any atom is -0.394 e. The lowest BCUT2D eigenvalue weighted by molar-refractivity contribution is -0.0512. The summed E-state index contributed by atoms with van der Waals surface area (Å²) in [5.41, 5.74) is 0. The summed E-state index contributed by atoms with van der Waals surface area (Å²) in [6.45, 7) is 5.98. The van der Waals surface area contributed by atoms with E-state index in [4.69, 9.17) is 9.84 Å². The van der Waals surface area contributed by atoms with E-state index in [0.29, 0.717) is 0 Å². The van der Waals surface area contributed by atoms with E-state index in [0.717, 1.165) is 26.2 Å². The van der Waals surface area contributed by atoms with Crippen molar-refractivity contribution in [3.05, 3.63) is 0 Å². The van der Waals surface area contributed by atoms with Crippen molar-refractivity contribution in [2.45, 2.75) is 13.0 Å². The van der Waals surface area contributed by atoms with E-state index < -0.39 is 0 Å². The molecule has 0 amide bonds. The number of aliphatic hydroxyl groups is 1. The molecule has 0 aromatic rings. The lowest BCUT2D eigenvalue weighted by Gasteiger charge is -2.30. The average Bonchev–Trinajstić information content (AvgIpc) is 2.05. The summed E-state index contributed by atoms with van der Waals surface area (Å²) in [5.74, 6) is 0. The molecule has 10 heavy (non-hydrogen) atoms. The van der Waals surface area contributed by atoms with Crippen LogP contribution in [-0.2, 0) is 4.74 Å². The largest absolute Gasteiger partial charge is 0.394 e. The Balaban J connectivity index is 2.25. The summed E-state index contributed by atoms with van der Waals surface area (Å²) < 4.78 is 5.27. The fourth-order valence-corrected chi connectivity index (χ4v) is 1.18. The van der Waals surface area contributed by atoms with Crippen molar-refractivity contribution in [1.29, 1.82) is 0 Å². The summed E-state index contributed by atoms with van der Waals surface area (Å²) in [6, 6.07) is 0. The molecule has 1 N–H and O–H groups in total. The normalized spacial score (nSPS) is 28.8. The molecule has 0 aromatic carbocycles. The van der Waals surface area contributed by atoms with Gasteiger partial charge in [0.2, 0.25) is 0 Å². The second-order valence-electron chi connectivity index (χ2n) is 2.57. The minimum atomic E-state index is 0.0497. The first kappa shape index (κ1) is 7.98. The summed E-state index contributed by atoms with van der Waals surface area (Å²) in [5, 5.41) is 8.75. The Morgan fingerprint density at radius 1 is 1.70 bits per heavy atom. The van der Waals surface area contributed by atoms with Gasteiger partial charge in [0.25, 0.3) is 0 Å². The third kappa shape index (κ3) is 1.94. The number of ether oxygens (including phenoxy) is 1. The van der Waals surface area contributed by atoms with Gasteiger partial charge in [-0.05, 0) is 6.54 Å². The van der Waals surface area contributed by atoms with Gasteiger partial charge in [-0.1, -0.05) is 6.92 Å². The monoisotopic (exact) mass is 145 g/mol. The first-order valence-electron chi connectivity index (χ1n) is 3.81. The van der Waals surface area contributed by atoms with Crippen LogP contribution in [0.3, 0.4) is 0 Å². The number of morpholine rings is 1. The van der Waals surface area contributed by atoms with Gasteiger partial charge in [-0.25, -0.2) is 0 Å². The molecule has 1 atom stereocenters. The van der Waals surface area contributed by atoms with Crippen LogP contribution >= 0.6 is 0 Å². The molecule has 0 unspecified atom stereocenters. The van der Waals surface area contributed by atoms with Crippen LogP contribution < -0.4 is 0 Å².